The molecule has 2 saturated heterocycles. The molecule has 1 N–H and O–H groups in total. The number of piperazine rings is 1. The molecule has 2 aliphatic rings. The first-order valence-corrected chi connectivity index (χ1v) is 10.8. The number of hydrogen-bond donors (Lipinski definition) is 1. The largest absolute Gasteiger partial charge is 0.369 e. The van der Waals surface area contributed by atoms with Gasteiger partial charge < -0.3 is 10.2 Å². The van der Waals surface area contributed by atoms with Gasteiger partial charge in [0.2, 0.25) is 0 Å². The Balaban J connectivity index is 1.51. The lowest BCUT2D eigenvalue weighted by molar-refractivity contribution is -0.129. The van der Waals surface area contributed by atoms with E-state index in [2.05, 4.69) is 10.2 Å². The first-order chi connectivity index (χ1) is 12.7. The summed E-state index contributed by atoms with van der Waals surface area (Å²) in [7, 11) is -3.19. The van der Waals surface area contributed by atoms with E-state index in [4.69, 9.17) is 0 Å². The van der Waals surface area contributed by atoms with Gasteiger partial charge in [-0.1, -0.05) is 0 Å². The van der Waals surface area contributed by atoms with Crippen LogP contribution in [0.5, 0.6) is 0 Å². The number of carbonyl (C=O) groups is 2. The van der Waals surface area contributed by atoms with E-state index in [1.165, 1.54) is 12.1 Å². The van der Waals surface area contributed by atoms with Crippen molar-refractivity contribution in [2.24, 2.45) is 0 Å². The highest BCUT2D eigenvalue weighted by Gasteiger charge is 2.39. The van der Waals surface area contributed by atoms with Gasteiger partial charge >= 0.3 is 6.03 Å². The number of sulfone groups is 1. The predicted octanol–water partition coefficient (Wildman–Crippen LogP) is 0.260. The molecule has 27 heavy (non-hydrogen) atoms. The van der Waals surface area contributed by atoms with E-state index in [1.54, 1.807) is 12.1 Å². The van der Waals surface area contributed by atoms with Gasteiger partial charge in [0.05, 0.1) is 12.4 Å². The van der Waals surface area contributed by atoms with E-state index in [0.717, 1.165) is 16.8 Å². The fraction of sp³-hybridized carbons (Fsp3) is 0.529. The second-order valence-corrected chi connectivity index (χ2v) is 9.17. The Morgan fingerprint density at radius 1 is 1.11 bits per heavy atom. The number of imide groups is 1. The lowest BCUT2D eigenvalue weighted by atomic mass is 10.2. The fourth-order valence-electron chi connectivity index (χ4n) is 3.24. The van der Waals surface area contributed by atoms with Crippen molar-refractivity contribution in [1.29, 1.82) is 0 Å². The zero-order chi connectivity index (χ0) is 19.6. The molecule has 1 atom stereocenters. The van der Waals surface area contributed by atoms with Crippen LogP contribution < -0.4 is 10.2 Å². The predicted molar refractivity (Wildman–Crippen MR) is 98.5 cm³/mol. The number of halogens is 1. The maximum Gasteiger partial charge on any atom is 0.325 e. The summed E-state index contributed by atoms with van der Waals surface area (Å²) in [6.45, 7) is 2.89. The molecule has 3 rings (SSSR count). The van der Waals surface area contributed by atoms with Crippen LogP contribution >= 0.6 is 0 Å². The highest BCUT2D eigenvalue weighted by molar-refractivity contribution is 7.90. The van der Waals surface area contributed by atoms with Crippen molar-refractivity contribution >= 4 is 27.5 Å². The normalized spacial score (nSPS) is 21.6. The Morgan fingerprint density at radius 2 is 1.74 bits per heavy atom. The van der Waals surface area contributed by atoms with Crippen molar-refractivity contribution in [3.05, 3.63) is 30.1 Å². The van der Waals surface area contributed by atoms with E-state index < -0.39 is 21.9 Å². The lowest BCUT2D eigenvalue weighted by Gasteiger charge is -2.37. The van der Waals surface area contributed by atoms with Gasteiger partial charge in [0.15, 0.2) is 0 Å². The average Bonchev–Trinajstić information content (AvgIpc) is 2.88. The second-order valence-electron chi connectivity index (χ2n) is 6.91. The number of rotatable bonds is 6. The van der Waals surface area contributed by atoms with Gasteiger partial charge in [0.25, 0.3) is 5.91 Å². The highest BCUT2D eigenvalue weighted by atomic mass is 32.2. The number of urea groups is 1. The summed E-state index contributed by atoms with van der Waals surface area (Å²) >= 11 is 0. The molecule has 0 saturated carbocycles. The number of nitrogens with one attached hydrogen (secondary N) is 1. The van der Waals surface area contributed by atoms with E-state index in [1.807, 2.05) is 4.90 Å². The van der Waals surface area contributed by atoms with Crippen LogP contribution in [-0.4, -0.2) is 81.1 Å². The molecule has 0 aliphatic carbocycles. The van der Waals surface area contributed by atoms with Crippen molar-refractivity contribution in [3.8, 4) is 0 Å². The minimum atomic E-state index is -3.19. The van der Waals surface area contributed by atoms with Gasteiger partial charge in [0.1, 0.15) is 21.7 Å². The molecule has 0 spiro atoms. The van der Waals surface area contributed by atoms with Crippen LogP contribution in [0.25, 0.3) is 0 Å². The lowest BCUT2D eigenvalue weighted by Crippen LogP contribution is -2.51. The van der Waals surface area contributed by atoms with Gasteiger partial charge in [-0.3, -0.25) is 9.69 Å². The van der Waals surface area contributed by atoms with Crippen molar-refractivity contribution < 1.29 is 22.4 Å². The van der Waals surface area contributed by atoms with Gasteiger partial charge in [-0.15, -0.1) is 0 Å². The first kappa shape index (κ1) is 19.6. The molecule has 0 aromatic heterocycles. The minimum absolute atomic E-state index is 0.0816. The fourth-order valence-corrected chi connectivity index (χ4v) is 3.90. The number of amides is 3. The minimum Gasteiger partial charge on any atom is -0.369 e. The average molecular weight is 398 g/mol. The second kappa shape index (κ2) is 7.81. The van der Waals surface area contributed by atoms with E-state index in [0.29, 0.717) is 26.2 Å². The summed E-state index contributed by atoms with van der Waals surface area (Å²) in [5.74, 6) is -0.806. The number of nitrogens with zero attached hydrogens (tertiary/aromatic N) is 3. The van der Waals surface area contributed by atoms with Gasteiger partial charge in [-0.2, -0.15) is 0 Å². The van der Waals surface area contributed by atoms with E-state index in [9.17, 15) is 22.4 Å². The number of anilines is 1. The van der Waals surface area contributed by atoms with Crippen molar-refractivity contribution in [2.75, 3.05) is 49.8 Å². The van der Waals surface area contributed by atoms with E-state index in [-0.39, 0.29) is 30.6 Å². The van der Waals surface area contributed by atoms with Crippen LogP contribution in [-0.2, 0) is 14.6 Å². The number of benzene rings is 1. The standard InChI is InChI=1S/C17H23FN4O4S/c1-27(25,26)11-6-15-16(23)22(17(24)19-15)12-20-7-9-21(10-8-20)14-4-2-13(18)3-5-14/h2-5,15H,6-12H2,1H3,(H,19,24)/t15-/m1/s1. The zero-order valence-corrected chi connectivity index (χ0v) is 15.9. The smallest absolute Gasteiger partial charge is 0.325 e. The Labute approximate surface area is 157 Å². The van der Waals surface area contributed by atoms with Crippen LogP contribution in [0, 0.1) is 5.82 Å². The topological polar surface area (TPSA) is 90.0 Å². The molecule has 1 aromatic rings. The maximum atomic E-state index is 13.0. The third-order valence-corrected chi connectivity index (χ3v) is 5.77. The SMILES string of the molecule is CS(=O)(=O)CC[C@H]1NC(=O)N(CN2CCN(c3ccc(F)cc3)CC2)C1=O. The summed E-state index contributed by atoms with van der Waals surface area (Å²) in [5, 5.41) is 2.56. The molecule has 0 radical (unpaired) electrons. The van der Waals surface area contributed by atoms with E-state index >= 15 is 0 Å². The molecular weight excluding hydrogens is 375 g/mol. The Kier molecular flexibility index (Phi) is 5.66. The third-order valence-electron chi connectivity index (χ3n) is 4.79. The van der Waals surface area contributed by atoms with Crippen molar-refractivity contribution in [2.45, 2.75) is 12.5 Å². The Hall–Kier alpha value is -2.20. The first-order valence-electron chi connectivity index (χ1n) is 8.75. The highest BCUT2D eigenvalue weighted by Crippen LogP contribution is 2.18. The number of hydrogen-bond acceptors (Lipinski definition) is 6. The molecule has 2 heterocycles. The summed E-state index contributed by atoms with van der Waals surface area (Å²) < 4.78 is 35.6. The maximum absolute atomic E-state index is 13.0. The molecule has 0 unspecified atom stereocenters. The zero-order valence-electron chi connectivity index (χ0n) is 15.1. The molecular formula is C17H23FN4O4S. The number of carbonyl (C=O) groups excluding carboxylic acids is 2. The van der Waals surface area contributed by atoms with Crippen LogP contribution in [0.1, 0.15) is 6.42 Å². The molecule has 148 valence electrons. The molecule has 3 amide bonds. The van der Waals surface area contributed by atoms with Gasteiger partial charge in [-0.25, -0.2) is 22.5 Å². The molecule has 2 aliphatic heterocycles. The van der Waals surface area contributed by atoms with Crippen LogP contribution in [0.4, 0.5) is 14.9 Å². The Bertz CT molecular complexity index is 807. The monoisotopic (exact) mass is 398 g/mol. The third kappa shape index (κ3) is 4.95. The quantitative estimate of drug-likeness (QED) is 0.692. The van der Waals surface area contributed by atoms with Crippen LogP contribution in [0.3, 0.4) is 0 Å². The van der Waals surface area contributed by atoms with Gasteiger partial charge in [0, 0.05) is 38.1 Å². The van der Waals surface area contributed by atoms with Crippen LogP contribution in [0.2, 0.25) is 0 Å². The van der Waals surface area contributed by atoms with Crippen molar-refractivity contribution in [1.82, 2.24) is 15.1 Å². The summed E-state index contributed by atoms with van der Waals surface area (Å²) in [4.78, 5) is 29.7. The van der Waals surface area contributed by atoms with Gasteiger partial charge in [-0.05, 0) is 30.7 Å². The molecule has 2 fully saturated rings. The molecule has 8 nitrogen and oxygen atoms in total. The van der Waals surface area contributed by atoms with Crippen molar-refractivity contribution in [3.63, 3.8) is 0 Å². The summed E-state index contributed by atoms with van der Waals surface area (Å²) in [6, 6.07) is 5.04. The summed E-state index contributed by atoms with van der Waals surface area (Å²) in [5.41, 5.74) is 0.937. The Morgan fingerprint density at radius 3 is 2.33 bits per heavy atom. The molecule has 0 bridgehead atoms. The molecule has 1 aromatic carbocycles. The molecule has 10 heteroatoms. The van der Waals surface area contributed by atoms with Crippen LogP contribution in [0.15, 0.2) is 24.3 Å². The summed E-state index contributed by atoms with van der Waals surface area (Å²) in [6.07, 6.45) is 1.19.